The summed E-state index contributed by atoms with van der Waals surface area (Å²) >= 11 is 0. The number of nitrogens with zero attached hydrogens (tertiary/aromatic N) is 3. The van der Waals surface area contributed by atoms with E-state index in [4.69, 9.17) is 4.74 Å². The zero-order valence-electron chi connectivity index (χ0n) is 14.7. The molecule has 0 bridgehead atoms. The number of halogens is 3. The molecule has 1 saturated heterocycles. The smallest absolute Gasteiger partial charge is 0.419 e. The summed E-state index contributed by atoms with van der Waals surface area (Å²) in [6.07, 6.45) is -1.88. The Balaban J connectivity index is 2.00. The lowest BCUT2D eigenvalue weighted by Gasteiger charge is -2.38. The molecular weight excluding hydrogens is 337 g/mol. The van der Waals surface area contributed by atoms with Gasteiger partial charge in [0, 0.05) is 31.0 Å². The van der Waals surface area contributed by atoms with Crippen LogP contribution < -0.4 is 5.32 Å². The van der Waals surface area contributed by atoms with Crippen molar-refractivity contribution < 1.29 is 22.7 Å². The molecular formula is C16H23F3N4O2. The van der Waals surface area contributed by atoms with Gasteiger partial charge in [0.15, 0.2) is 0 Å². The Hall–Kier alpha value is -2.06. The topological polar surface area (TPSA) is 67.4 Å². The molecule has 1 amide bonds. The molecule has 0 aromatic carbocycles. The van der Waals surface area contributed by atoms with Crippen LogP contribution in [0.25, 0.3) is 0 Å². The Bertz CT molecular complexity index is 599. The van der Waals surface area contributed by atoms with Gasteiger partial charge in [-0.25, -0.2) is 14.8 Å². The van der Waals surface area contributed by atoms with Gasteiger partial charge in [0.05, 0.1) is 5.56 Å². The van der Waals surface area contributed by atoms with Crippen LogP contribution in [-0.2, 0) is 10.9 Å². The molecule has 2 heterocycles. The van der Waals surface area contributed by atoms with Gasteiger partial charge in [0.25, 0.3) is 0 Å². The molecule has 140 valence electrons. The standard InChI is InChI=1S/C16H23F3N4O2/c1-10-5-6-12(9-23(10)14(24)25-15(2,3)4)22-13-20-7-11(8-21-13)16(17,18)19/h7-8,10,12H,5-6,9H2,1-4H3,(H,20,21,22)/t10-,12-/m1/s1. The molecule has 2 atom stereocenters. The second-order valence-corrected chi connectivity index (χ2v) is 7.19. The van der Waals surface area contributed by atoms with E-state index in [0.717, 1.165) is 25.2 Å². The molecule has 1 fully saturated rings. The SMILES string of the molecule is C[C@@H]1CC[C@@H](Nc2ncc(C(F)(F)F)cn2)CN1C(=O)OC(C)(C)C. The van der Waals surface area contributed by atoms with Gasteiger partial charge >= 0.3 is 12.3 Å². The van der Waals surface area contributed by atoms with Crippen LogP contribution in [0.15, 0.2) is 12.4 Å². The molecule has 0 spiro atoms. The molecule has 0 aliphatic carbocycles. The van der Waals surface area contributed by atoms with Gasteiger partial charge in [-0.1, -0.05) is 0 Å². The van der Waals surface area contributed by atoms with Crippen LogP contribution in [0, 0.1) is 0 Å². The molecule has 1 aromatic rings. The fourth-order valence-electron chi connectivity index (χ4n) is 2.53. The van der Waals surface area contributed by atoms with E-state index in [9.17, 15) is 18.0 Å². The maximum absolute atomic E-state index is 12.5. The van der Waals surface area contributed by atoms with Crippen molar-refractivity contribution in [1.82, 2.24) is 14.9 Å². The Kier molecular flexibility index (Phi) is 5.43. The van der Waals surface area contributed by atoms with E-state index in [1.54, 1.807) is 25.7 Å². The van der Waals surface area contributed by atoms with E-state index < -0.39 is 23.4 Å². The number of carbonyl (C=O) groups is 1. The highest BCUT2D eigenvalue weighted by molar-refractivity contribution is 5.68. The van der Waals surface area contributed by atoms with Gasteiger partial charge in [0.1, 0.15) is 5.60 Å². The zero-order chi connectivity index (χ0) is 18.8. The van der Waals surface area contributed by atoms with Crippen molar-refractivity contribution in [3.05, 3.63) is 18.0 Å². The van der Waals surface area contributed by atoms with E-state index >= 15 is 0 Å². The highest BCUT2D eigenvalue weighted by Crippen LogP contribution is 2.28. The fraction of sp³-hybridized carbons (Fsp3) is 0.688. The average Bonchev–Trinajstić information content (AvgIpc) is 2.47. The van der Waals surface area contributed by atoms with E-state index in [0.29, 0.717) is 6.54 Å². The van der Waals surface area contributed by atoms with Gasteiger partial charge in [-0.3, -0.25) is 0 Å². The lowest BCUT2D eigenvalue weighted by atomic mass is 10.00. The summed E-state index contributed by atoms with van der Waals surface area (Å²) in [4.78, 5) is 21.3. The van der Waals surface area contributed by atoms with Crippen molar-refractivity contribution >= 4 is 12.0 Å². The minimum Gasteiger partial charge on any atom is -0.444 e. The number of ether oxygens (including phenoxy) is 1. The fourth-order valence-corrected chi connectivity index (χ4v) is 2.53. The van der Waals surface area contributed by atoms with Gasteiger partial charge in [-0.2, -0.15) is 13.2 Å². The summed E-state index contributed by atoms with van der Waals surface area (Å²) < 4.78 is 43.0. The summed E-state index contributed by atoms with van der Waals surface area (Å²) in [7, 11) is 0. The van der Waals surface area contributed by atoms with Gasteiger partial charge in [0.2, 0.25) is 5.95 Å². The van der Waals surface area contributed by atoms with Crippen molar-refractivity contribution in [2.24, 2.45) is 0 Å². The zero-order valence-corrected chi connectivity index (χ0v) is 14.7. The van der Waals surface area contributed by atoms with Crippen molar-refractivity contribution in [3.8, 4) is 0 Å². The van der Waals surface area contributed by atoms with E-state index in [1.807, 2.05) is 6.92 Å². The predicted octanol–water partition coefficient (Wildman–Crippen LogP) is 3.70. The Morgan fingerprint density at radius 1 is 1.24 bits per heavy atom. The second kappa shape index (κ2) is 7.05. The highest BCUT2D eigenvalue weighted by Gasteiger charge is 2.33. The molecule has 0 unspecified atom stereocenters. The molecule has 6 nitrogen and oxygen atoms in total. The van der Waals surface area contributed by atoms with Crippen LogP contribution >= 0.6 is 0 Å². The van der Waals surface area contributed by atoms with Crippen LogP contribution in [-0.4, -0.2) is 45.2 Å². The van der Waals surface area contributed by atoms with Crippen LogP contribution in [0.3, 0.4) is 0 Å². The molecule has 1 aliphatic heterocycles. The number of alkyl halides is 3. The van der Waals surface area contributed by atoms with Crippen molar-refractivity contribution in [3.63, 3.8) is 0 Å². The minimum atomic E-state index is -4.47. The molecule has 1 N–H and O–H groups in total. The number of aromatic nitrogens is 2. The van der Waals surface area contributed by atoms with Crippen molar-refractivity contribution in [2.45, 2.75) is 64.4 Å². The number of hydrogen-bond donors (Lipinski definition) is 1. The van der Waals surface area contributed by atoms with Crippen LogP contribution in [0.4, 0.5) is 23.9 Å². The first kappa shape index (κ1) is 19.3. The molecule has 1 aliphatic rings. The number of piperidine rings is 1. The summed E-state index contributed by atoms with van der Waals surface area (Å²) in [5.74, 6) is 0.108. The second-order valence-electron chi connectivity index (χ2n) is 7.19. The number of nitrogens with one attached hydrogen (secondary N) is 1. The largest absolute Gasteiger partial charge is 0.444 e. The summed E-state index contributed by atoms with van der Waals surface area (Å²) in [6.45, 7) is 7.71. The maximum atomic E-state index is 12.5. The van der Waals surface area contributed by atoms with Gasteiger partial charge in [-0.05, 0) is 40.5 Å². The number of rotatable bonds is 2. The first-order valence-corrected chi connectivity index (χ1v) is 8.11. The first-order valence-electron chi connectivity index (χ1n) is 8.11. The number of likely N-dealkylation sites (tertiary alicyclic amines) is 1. The van der Waals surface area contributed by atoms with E-state index in [-0.39, 0.29) is 18.0 Å². The Morgan fingerprint density at radius 3 is 2.36 bits per heavy atom. The van der Waals surface area contributed by atoms with E-state index in [2.05, 4.69) is 15.3 Å². The molecule has 9 heteroatoms. The van der Waals surface area contributed by atoms with Crippen molar-refractivity contribution in [1.29, 1.82) is 0 Å². The maximum Gasteiger partial charge on any atom is 0.419 e. The number of hydrogen-bond acceptors (Lipinski definition) is 5. The summed E-state index contributed by atoms with van der Waals surface area (Å²) in [5.41, 5.74) is -1.49. The average molecular weight is 360 g/mol. The lowest BCUT2D eigenvalue weighted by molar-refractivity contribution is -0.138. The Morgan fingerprint density at radius 2 is 1.84 bits per heavy atom. The molecule has 25 heavy (non-hydrogen) atoms. The van der Waals surface area contributed by atoms with Gasteiger partial charge < -0.3 is 15.0 Å². The van der Waals surface area contributed by atoms with Crippen LogP contribution in [0.1, 0.15) is 46.1 Å². The third-order valence-corrected chi connectivity index (χ3v) is 3.82. The monoisotopic (exact) mass is 360 g/mol. The minimum absolute atomic E-state index is 0.0291. The number of anilines is 1. The third-order valence-electron chi connectivity index (χ3n) is 3.82. The number of carbonyl (C=O) groups excluding carboxylic acids is 1. The highest BCUT2D eigenvalue weighted by atomic mass is 19.4. The van der Waals surface area contributed by atoms with Gasteiger partial charge in [-0.15, -0.1) is 0 Å². The Labute approximate surface area is 144 Å². The first-order chi connectivity index (χ1) is 11.5. The molecule has 1 aromatic heterocycles. The normalized spacial score (nSPS) is 21.8. The molecule has 0 radical (unpaired) electrons. The molecule has 2 rings (SSSR count). The van der Waals surface area contributed by atoms with Crippen LogP contribution in [0.5, 0.6) is 0 Å². The summed E-state index contributed by atoms with van der Waals surface area (Å²) in [6, 6.07) is -0.123. The number of amides is 1. The van der Waals surface area contributed by atoms with Crippen LogP contribution in [0.2, 0.25) is 0 Å². The van der Waals surface area contributed by atoms with Crippen molar-refractivity contribution in [2.75, 3.05) is 11.9 Å². The third kappa shape index (κ3) is 5.47. The predicted molar refractivity (Wildman–Crippen MR) is 86.1 cm³/mol. The van der Waals surface area contributed by atoms with E-state index in [1.165, 1.54) is 0 Å². The molecule has 0 saturated carbocycles. The summed E-state index contributed by atoms with van der Waals surface area (Å²) in [5, 5.41) is 2.99. The lowest BCUT2D eigenvalue weighted by Crippen LogP contribution is -2.51. The quantitative estimate of drug-likeness (QED) is 0.871.